The van der Waals surface area contributed by atoms with Crippen molar-refractivity contribution in [2.45, 2.75) is 57.3 Å². The van der Waals surface area contributed by atoms with Crippen LogP contribution in [0.15, 0.2) is 18.2 Å². The zero-order valence-electron chi connectivity index (χ0n) is 14.1. The molecule has 4 nitrogen and oxygen atoms in total. The average Bonchev–Trinajstić information content (AvgIpc) is 3.04. The Balaban J connectivity index is 1.58. The van der Waals surface area contributed by atoms with Crippen LogP contribution in [0.1, 0.15) is 44.1 Å². The maximum absolute atomic E-state index is 12.3. The lowest BCUT2D eigenvalue weighted by molar-refractivity contribution is -0.274. The molecule has 1 heterocycles. The number of nitrogens with zero attached hydrogens (tertiary/aromatic N) is 1. The summed E-state index contributed by atoms with van der Waals surface area (Å²) in [7, 11) is 0. The molecule has 1 fully saturated rings. The van der Waals surface area contributed by atoms with Crippen molar-refractivity contribution in [1.29, 1.82) is 0 Å². The number of hydrogen-bond donors (Lipinski definition) is 1. The molecule has 0 atom stereocenters. The third-order valence-corrected chi connectivity index (χ3v) is 4.83. The molecule has 1 aliphatic carbocycles. The number of alkyl halides is 3. The first-order valence-corrected chi connectivity index (χ1v) is 8.84. The maximum Gasteiger partial charge on any atom is 0.573 e. The van der Waals surface area contributed by atoms with E-state index in [-0.39, 0.29) is 11.7 Å². The van der Waals surface area contributed by atoms with Crippen molar-refractivity contribution < 1.29 is 22.7 Å². The van der Waals surface area contributed by atoms with E-state index in [2.05, 4.69) is 15.0 Å². The van der Waals surface area contributed by atoms with Crippen LogP contribution in [-0.4, -0.2) is 31.4 Å². The molecule has 1 aromatic carbocycles. The van der Waals surface area contributed by atoms with Gasteiger partial charge in [-0.05, 0) is 49.4 Å². The summed E-state index contributed by atoms with van der Waals surface area (Å²) in [5.74, 6) is -0.136. The first kappa shape index (κ1) is 17.9. The van der Waals surface area contributed by atoms with Crippen LogP contribution in [0.3, 0.4) is 0 Å². The molecule has 2 aliphatic rings. The number of anilines is 1. The molecule has 1 saturated carbocycles. The van der Waals surface area contributed by atoms with E-state index in [1.165, 1.54) is 25.0 Å². The first-order valence-electron chi connectivity index (χ1n) is 8.84. The minimum absolute atomic E-state index is 0.0519. The lowest BCUT2D eigenvalue weighted by atomic mass is 10.0. The van der Waals surface area contributed by atoms with Gasteiger partial charge in [0, 0.05) is 31.2 Å². The van der Waals surface area contributed by atoms with E-state index in [1.54, 1.807) is 6.07 Å². The zero-order chi connectivity index (χ0) is 17.9. The van der Waals surface area contributed by atoms with Gasteiger partial charge < -0.3 is 15.0 Å². The predicted octanol–water partition coefficient (Wildman–Crippen LogP) is 3.79. The number of amides is 1. The van der Waals surface area contributed by atoms with E-state index >= 15 is 0 Å². The summed E-state index contributed by atoms with van der Waals surface area (Å²) in [6, 6.07) is 4.75. The number of hydrogen-bond acceptors (Lipinski definition) is 3. The van der Waals surface area contributed by atoms with Gasteiger partial charge in [-0.2, -0.15) is 0 Å². The van der Waals surface area contributed by atoms with Gasteiger partial charge in [-0.15, -0.1) is 13.2 Å². The van der Waals surface area contributed by atoms with Crippen molar-refractivity contribution in [2.75, 3.05) is 18.0 Å². The summed E-state index contributed by atoms with van der Waals surface area (Å²) in [5, 5.41) is 3.07. The van der Waals surface area contributed by atoms with Crippen LogP contribution in [0.2, 0.25) is 0 Å². The predicted molar refractivity (Wildman–Crippen MR) is 88.7 cm³/mol. The van der Waals surface area contributed by atoms with Crippen LogP contribution < -0.4 is 15.0 Å². The number of fused-ring (bicyclic) bond motifs is 1. The van der Waals surface area contributed by atoms with E-state index in [0.717, 1.165) is 43.5 Å². The van der Waals surface area contributed by atoms with Crippen molar-refractivity contribution in [3.05, 3.63) is 23.8 Å². The summed E-state index contributed by atoms with van der Waals surface area (Å²) in [5.41, 5.74) is 1.73. The Morgan fingerprint density at radius 2 is 2.00 bits per heavy atom. The van der Waals surface area contributed by atoms with Gasteiger partial charge in [-0.1, -0.05) is 12.8 Å². The molecular formula is C18H23F3N2O2. The lowest BCUT2D eigenvalue weighted by Crippen LogP contribution is -2.37. The second-order valence-electron chi connectivity index (χ2n) is 6.73. The number of nitrogens with one attached hydrogen (secondary N) is 1. The number of carbonyl (C=O) groups excluding carboxylic acids is 1. The fourth-order valence-electron chi connectivity index (χ4n) is 3.69. The van der Waals surface area contributed by atoms with Crippen molar-refractivity contribution >= 4 is 11.6 Å². The van der Waals surface area contributed by atoms with Crippen molar-refractivity contribution in [1.82, 2.24) is 5.32 Å². The molecule has 0 bridgehead atoms. The van der Waals surface area contributed by atoms with Crippen LogP contribution in [0.25, 0.3) is 0 Å². The van der Waals surface area contributed by atoms with Gasteiger partial charge in [0.25, 0.3) is 0 Å². The summed E-state index contributed by atoms with van der Waals surface area (Å²) in [6.45, 7) is 1.38. The molecule has 1 amide bonds. The third kappa shape index (κ3) is 5.03. The number of benzene rings is 1. The van der Waals surface area contributed by atoms with Crippen LogP contribution >= 0.6 is 0 Å². The number of aryl methyl sites for hydroxylation is 1. The number of rotatable bonds is 5. The quantitative estimate of drug-likeness (QED) is 0.873. The summed E-state index contributed by atoms with van der Waals surface area (Å²) in [6.07, 6.45) is 1.75. The number of ether oxygens (including phenoxy) is 1. The van der Waals surface area contributed by atoms with Gasteiger partial charge in [-0.25, -0.2) is 0 Å². The molecule has 1 aliphatic heterocycles. The minimum Gasteiger partial charge on any atom is -0.406 e. The molecule has 0 radical (unpaired) electrons. The summed E-state index contributed by atoms with van der Waals surface area (Å²) < 4.78 is 41.0. The van der Waals surface area contributed by atoms with Gasteiger partial charge in [0.05, 0.1) is 0 Å². The van der Waals surface area contributed by atoms with Crippen LogP contribution in [-0.2, 0) is 11.2 Å². The Bertz CT molecular complexity index is 613. The Kier molecular flexibility index (Phi) is 5.39. The summed E-state index contributed by atoms with van der Waals surface area (Å²) in [4.78, 5) is 14.2. The molecular weight excluding hydrogens is 333 g/mol. The molecule has 1 N–H and O–H groups in total. The van der Waals surface area contributed by atoms with E-state index in [9.17, 15) is 18.0 Å². The molecule has 7 heteroatoms. The molecule has 3 rings (SSSR count). The standard InChI is InChI=1S/C18H23F3N2O2/c19-18(20,21)25-15-7-8-16-13(12-15)4-3-10-23(16)11-9-17(24)22-14-5-1-2-6-14/h7-8,12,14H,1-6,9-11H2,(H,22,24). The van der Waals surface area contributed by atoms with Gasteiger partial charge >= 0.3 is 6.36 Å². The van der Waals surface area contributed by atoms with E-state index < -0.39 is 6.36 Å². The normalized spacial score (nSPS) is 18.1. The largest absolute Gasteiger partial charge is 0.573 e. The Labute approximate surface area is 145 Å². The number of carbonyl (C=O) groups is 1. The molecule has 25 heavy (non-hydrogen) atoms. The van der Waals surface area contributed by atoms with Crippen LogP contribution in [0, 0.1) is 0 Å². The average molecular weight is 356 g/mol. The molecule has 0 unspecified atom stereocenters. The van der Waals surface area contributed by atoms with Crippen molar-refractivity contribution in [3.63, 3.8) is 0 Å². The van der Waals surface area contributed by atoms with Crippen molar-refractivity contribution in [2.24, 2.45) is 0 Å². The lowest BCUT2D eigenvalue weighted by Gasteiger charge is -2.31. The monoisotopic (exact) mass is 356 g/mol. The molecule has 138 valence electrons. The SMILES string of the molecule is O=C(CCN1CCCc2cc(OC(F)(F)F)ccc21)NC1CCCC1. The topological polar surface area (TPSA) is 41.6 Å². The van der Waals surface area contributed by atoms with Crippen LogP contribution in [0.5, 0.6) is 5.75 Å². The Hall–Kier alpha value is -1.92. The van der Waals surface area contributed by atoms with Gasteiger partial charge in [0.15, 0.2) is 0 Å². The third-order valence-electron chi connectivity index (χ3n) is 4.83. The fourth-order valence-corrected chi connectivity index (χ4v) is 3.69. The Morgan fingerprint density at radius 3 is 2.72 bits per heavy atom. The molecule has 0 aromatic heterocycles. The maximum atomic E-state index is 12.3. The minimum atomic E-state index is -4.68. The highest BCUT2D eigenvalue weighted by Crippen LogP contribution is 2.32. The fraction of sp³-hybridized carbons (Fsp3) is 0.611. The van der Waals surface area contributed by atoms with E-state index in [1.807, 2.05) is 0 Å². The summed E-state index contributed by atoms with van der Waals surface area (Å²) >= 11 is 0. The molecule has 0 spiro atoms. The Morgan fingerprint density at radius 1 is 1.24 bits per heavy atom. The second-order valence-corrected chi connectivity index (χ2v) is 6.73. The highest BCUT2D eigenvalue weighted by atomic mass is 19.4. The molecule has 1 aromatic rings. The van der Waals surface area contributed by atoms with Gasteiger partial charge in [0.1, 0.15) is 5.75 Å². The molecule has 0 saturated heterocycles. The smallest absolute Gasteiger partial charge is 0.406 e. The zero-order valence-corrected chi connectivity index (χ0v) is 14.1. The first-order chi connectivity index (χ1) is 11.9. The van der Waals surface area contributed by atoms with E-state index in [0.29, 0.717) is 19.0 Å². The number of halogens is 3. The van der Waals surface area contributed by atoms with Crippen molar-refractivity contribution in [3.8, 4) is 5.75 Å². The van der Waals surface area contributed by atoms with Gasteiger partial charge in [0.2, 0.25) is 5.91 Å². The van der Waals surface area contributed by atoms with Crippen LogP contribution in [0.4, 0.5) is 18.9 Å². The van der Waals surface area contributed by atoms with Gasteiger partial charge in [-0.3, -0.25) is 4.79 Å². The second kappa shape index (κ2) is 7.54. The highest BCUT2D eigenvalue weighted by Gasteiger charge is 2.31. The highest BCUT2D eigenvalue weighted by molar-refractivity contribution is 5.77. The van der Waals surface area contributed by atoms with E-state index in [4.69, 9.17) is 0 Å².